The van der Waals surface area contributed by atoms with Crippen LogP contribution in [-0.2, 0) is 16.6 Å². The number of sulfonamides is 1. The van der Waals surface area contributed by atoms with Crippen LogP contribution in [0.5, 0.6) is 0 Å². The third-order valence-electron chi connectivity index (χ3n) is 3.59. The van der Waals surface area contributed by atoms with Crippen LogP contribution < -0.4 is 4.72 Å². The molecule has 0 aliphatic heterocycles. The van der Waals surface area contributed by atoms with E-state index in [0.717, 1.165) is 12.0 Å². The van der Waals surface area contributed by atoms with Crippen LogP contribution in [0.15, 0.2) is 21.5 Å². The van der Waals surface area contributed by atoms with Gasteiger partial charge in [-0.2, -0.15) is 0 Å². The molecule has 0 aromatic heterocycles. The molecule has 2 N–H and O–H groups in total. The largest absolute Gasteiger partial charge is 0.392 e. The Hall–Kier alpha value is -0.430. The molecule has 2 unspecified atom stereocenters. The summed E-state index contributed by atoms with van der Waals surface area (Å²) in [5.74, 6) is 0.255. The number of aliphatic hydroxyl groups excluding tert-OH is 1. The molecule has 0 radical (unpaired) electrons. The first kappa shape index (κ1) is 17.6. The zero-order valence-corrected chi connectivity index (χ0v) is 14.7. The van der Waals surface area contributed by atoms with Crippen molar-refractivity contribution >= 4 is 26.0 Å². The molecule has 1 aromatic rings. The summed E-state index contributed by atoms with van der Waals surface area (Å²) in [6.07, 6.45) is 0.903. The van der Waals surface area contributed by atoms with Crippen molar-refractivity contribution in [2.45, 2.75) is 51.7 Å². The predicted octanol–water partition coefficient (Wildman–Crippen LogP) is 2.96. The molecule has 1 aromatic carbocycles. The van der Waals surface area contributed by atoms with Crippen LogP contribution in [0, 0.1) is 12.8 Å². The summed E-state index contributed by atoms with van der Waals surface area (Å²) in [4.78, 5) is 0.178. The first-order valence-electron chi connectivity index (χ1n) is 6.65. The third kappa shape index (κ3) is 4.04. The van der Waals surface area contributed by atoms with E-state index in [-0.39, 0.29) is 23.5 Å². The maximum Gasteiger partial charge on any atom is 0.241 e. The molecule has 2 atom stereocenters. The van der Waals surface area contributed by atoms with Gasteiger partial charge in [0, 0.05) is 10.5 Å². The van der Waals surface area contributed by atoms with E-state index in [2.05, 4.69) is 20.7 Å². The molecule has 6 heteroatoms. The van der Waals surface area contributed by atoms with Crippen molar-refractivity contribution < 1.29 is 13.5 Å². The maximum absolute atomic E-state index is 12.5. The minimum atomic E-state index is -3.61. The van der Waals surface area contributed by atoms with E-state index in [1.54, 1.807) is 13.0 Å². The topological polar surface area (TPSA) is 66.4 Å². The molecule has 0 aliphatic rings. The Morgan fingerprint density at radius 3 is 2.45 bits per heavy atom. The van der Waals surface area contributed by atoms with Crippen LogP contribution in [0.4, 0.5) is 0 Å². The van der Waals surface area contributed by atoms with Gasteiger partial charge in [0.15, 0.2) is 0 Å². The average molecular weight is 364 g/mol. The van der Waals surface area contributed by atoms with E-state index >= 15 is 0 Å². The fourth-order valence-corrected chi connectivity index (χ4v) is 4.29. The molecule has 0 amide bonds. The molecule has 0 bridgehead atoms. The Bertz CT molecular complexity index is 572. The van der Waals surface area contributed by atoms with E-state index in [9.17, 15) is 13.5 Å². The minimum Gasteiger partial charge on any atom is -0.392 e. The quantitative estimate of drug-likeness (QED) is 0.816. The molecule has 0 spiro atoms. The number of rotatable bonds is 6. The molecule has 0 saturated heterocycles. The zero-order valence-electron chi connectivity index (χ0n) is 12.3. The number of nitrogens with one attached hydrogen (secondary N) is 1. The highest BCUT2D eigenvalue weighted by Gasteiger charge is 2.23. The molecule has 1 rings (SSSR count). The van der Waals surface area contributed by atoms with Crippen LogP contribution in [0.3, 0.4) is 0 Å². The Labute approximate surface area is 129 Å². The smallest absolute Gasteiger partial charge is 0.241 e. The standard InChI is InChI=1S/C14H22BrNO3S/c1-5-9(2)11(4)16-20(18,19)13-7-12(8-17)6-10(3)14(13)15/h6-7,9,11,16-17H,5,8H2,1-4H3. The Morgan fingerprint density at radius 2 is 1.95 bits per heavy atom. The molecule has 0 fully saturated rings. The number of aliphatic hydroxyl groups is 1. The summed E-state index contributed by atoms with van der Waals surface area (Å²) in [7, 11) is -3.61. The van der Waals surface area contributed by atoms with Gasteiger partial charge in [0.1, 0.15) is 0 Å². The fraction of sp³-hybridized carbons (Fsp3) is 0.571. The van der Waals surface area contributed by atoms with Gasteiger partial charge in [0.25, 0.3) is 0 Å². The summed E-state index contributed by atoms with van der Waals surface area (Å²) in [5, 5.41) is 9.22. The highest BCUT2D eigenvalue weighted by molar-refractivity contribution is 9.10. The van der Waals surface area contributed by atoms with E-state index in [1.165, 1.54) is 6.07 Å². The van der Waals surface area contributed by atoms with Crippen LogP contribution in [0.2, 0.25) is 0 Å². The summed E-state index contributed by atoms with van der Waals surface area (Å²) in [5.41, 5.74) is 1.37. The lowest BCUT2D eigenvalue weighted by atomic mass is 10.0. The number of benzene rings is 1. The van der Waals surface area contributed by atoms with E-state index in [4.69, 9.17) is 0 Å². The van der Waals surface area contributed by atoms with Gasteiger partial charge >= 0.3 is 0 Å². The van der Waals surface area contributed by atoms with Crippen molar-refractivity contribution in [3.05, 3.63) is 27.7 Å². The number of halogens is 1. The van der Waals surface area contributed by atoms with Gasteiger partial charge in [-0.25, -0.2) is 13.1 Å². The van der Waals surface area contributed by atoms with Crippen LogP contribution in [0.25, 0.3) is 0 Å². The number of hydrogen-bond acceptors (Lipinski definition) is 3. The van der Waals surface area contributed by atoms with Gasteiger partial charge < -0.3 is 5.11 Å². The SMILES string of the molecule is CCC(C)C(C)NS(=O)(=O)c1cc(CO)cc(C)c1Br. The maximum atomic E-state index is 12.5. The van der Waals surface area contributed by atoms with E-state index in [0.29, 0.717) is 10.0 Å². The van der Waals surface area contributed by atoms with Gasteiger partial charge in [-0.1, -0.05) is 26.3 Å². The van der Waals surface area contributed by atoms with Crippen molar-refractivity contribution in [3.63, 3.8) is 0 Å². The monoisotopic (exact) mass is 363 g/mol. The van der Waals surface area contributed by atoms with Crippen LogP contribution in [-0.4, -0.2) is 19.6 Å². The first-order valence-corrected chi connectivity index (χ1v) is 8.92. The molecule has 0 aliphatic carbocycles. The van der Waals surface area contributed by atoms with Crippen molar-refractivity contribution in [3.8, 4) is 0 Å². The molecular formula is C14H22BrNO3S. The molecule has 114 valence electrons. The summed E-state index contributed by atoms with van der Waals surface area (Å²) in [6, 6.07) is 3.12. The average Bonchev–Trinajstić information content (AvgIpc) is 2.39. The van der Waals surface area contributed by atoms with Crippen molar-refractivity contribution in [1.82, 2.24) is 4.72 Å². The van der Waals surface area contributed by atoms with E-state index in [1.807, 2.05) is 20.8 Å². The zero-order chi connectivity index (χ0) is 15.5. The van der Waals surface area contributed by atoms with Gasteiger partial charge in [-0.15, -0.1) is 0 Å². The fourth-order valence-electron chi connectivity index (χ4n) is 1.87. The molecule has 20 heavy (non-hydrogen) atoms. The normalized spacial score (nSPS) is 15.1. The second-order valence-electron chi connectivity index (χ2n) is 5.18. The minimum absolute atomic E-state index is 0.144. The van der Waals surface area contributed by atoms with Gasteiger partial charge in [-0.3, -0.25) is 0 Å². The molecular weight excluding hydrogens is 342 g/mol. The van der Waals surface area contributed by atoms with Gasteiger partial charge in [0.2, 0.25) is 10.0 Å². The molecule has 4 nitrogen and oxygen atoms in total. The second-order valence-corrected chi connectivity index (χ2v) is 7.65. The lowest BCUT2D eigenvalue weighted by Crippen LogP contribution is -2.37. The molecule has 0 heterocycles. The number of hydrogen-bond donors (Lipinski definition) is 2. The lowest BCUT2D eigenvalue weighted by Gasteiger charge is -2.21. The lowest BCUT2D eigenvalue weighted by molar-refractivity contribution is 0.281. The van der Waals surface area contributed by atoms with Gasteiger partial charge in [0.05, 0.1) is 11.5 Å². The Balaban J connectivity index is 3.19. The van der Waals surface area contributed by atoms with Crippen molar-refractivity contribution in [2.75, 3.05) is 0 Å². The summed E-state index contributed by atoms with van der Waals surface area (Å²) >= 11 is 3.32. The van der Waals surface area contributed by atoms with Crippen molar-refractivity contribution in [2.24, 2.45) is 5.92 Å². The van der Waals surface area contributed by atoms with Crippen LogP contribution in [0.1, 0.15) is 38.3 Å². The second kappa shape index (κ2) is 7.02. The third-order valence-corrected chi connectivity index (χ3v) is 6.49. The molecule has 0 saturated carbocycles. The Morgan fingerprint density at radius 1 is 1.35 bits per heavy atom. The highest BCUT2D eigenvalue weighted by atomic mass is 79.9. The van der Waals surface area contributed by atoms with Gasteiger partial charge in [-0.05, 0) is 52.9 Å². The number of aryl methyl sites for hydroxylation is 1. The van der Waals surface area contributed by atoms with E-state index < -0.39 is 10.0 Å². The highest BCUT2D eigenvalue weighted by Crippen LogP contribution is 2.28. The van der Waals surface area contributed by atoms with Crippen molar-refractivity contribution in [1.29, 1.82) is 0 Å². The predicted molar refractivity (Wildman–Crippen MR) is 84.0 cm³/mol. The first-order chi connectivity index (χ1) is 9.22. The summed E-state index contributed by atoms with van der Waals surface area (Å²) in [6.45, 7) is 7.53. The van der Waals surface area contributed by atoms with Crippen LogP contribution >= 0.6 is 15.9 Å². The summed E-state index contributed by atoms with van der Waals surface area (Å²) < 4.78 is 28.2. The Kier molecular flexibility index (Phi) is 6.19.